The van der Waals surface area contributed by atoms with E-state index in [0.717, 1.165) is 24.0 Å². The van der Waals surface area contributed by atoms with Crippen LogP contribution in [0.5, 0.6) is 0 Å². The number of carbonyl (C=O) groups excluding carboxylic acids is 2. The van der Waals surface area contributed by atoms with Gasteiger partial charge in [0.25, 0.3) is 5.91 Å². The summed E-state index contributed by atoms with van der Waals surface area (Å²) in [6.45, 7) is 0. The molecule has 1 aromatic heterocycles. The van der Waals surface area contributed by atoms with Gasteiger partial charge in [-0.2, -0.15) is 0 Å². The van der Waals surface area contributed by atoms with Gasteiger partial charge in [-0.1, -0.05) is 6.07 Å². The molecule has 1 aliphatic carbocycles. The van der Waals surface area contributed by atoms with Crippen LogP contribution in [0.25, 0.3) is 0 Å². The van der Waals surface area contributed by atoms with Gasteiger partial charge in [0.1, 0.15) is 5.82 Å². The van der Waals surface area contributed by atoms with Crippen LogP contribution in [-0.4, -0.2) is 11.8 Å². The Bertz CT molecular complexity index is 726. The molecule has 3 N–H and O–H groups in total. The molecule has 2 aromatic rings. The summed E-state index contributed by atoms with van der Waals surface area (Å²) in [6.07, 6.45) is 1.57. The molecule has 1 atom stereocenters. The van der Waals surface area contributed by atoms with Gasteiger partial charge in [-0.25, -0.2) is 4.39 Å². The lowest BCUT2D eigenvalue weighted by molar-refractivity contribution is 0.0940. The van der Waals surface area contributed by atoms with Crippen LogP contribution >= 0.6 is 11.3 Å². The number of hydrogen-bond donors (Lipinski definition) is 2. The number of fused-ring (bicyclic) bond motifs is 1. The summed E-state index contributed by atoms with van der Waals surface area (Å²) in [4.78, 5) is 23.6. The molecular weight excluding hydrogens is 291 g/mol. The third-order valence-corrected chi connectivity index (χ3v) is 4.53. The van der Waals surface area contributed by atoms with Crippen molar-refractivity contribution in [1.29, 1.82) is 0 Å². The molecule has 0 saturated carbocycles. The van der Waals surface area contributed by atoms with Gasteiger partial charge in [-0.05, 0) is 42.2 Å². The van der Waals surface area contributed by atoms with Gasteiger partial charge < -0.3 is 11.1 Å². The van der Waals surface area contributed by atoms with Crippen molar-refractivity contribution < 1.29 is 14.0 Å². The van der Waals surface area contributed by atoms with Crippen LogP contribution in [0.1, 0.15) is 43.6 Å². The molecule has 1 heterocycles. The number of amides is 2. The molecule has 0 radical (unpaired) electrons. The molecule has 0 bridgehead atoms. The largest absolute Gasteiger partial charge is 0.366 e. The Morgan fingerprint density at radius 1 is 1.33 bits per heavy atom. The van der Waals surface area contributed by atoms with E-state index in [1.807, 2.05) is 0 Å². The smallest absolute Gasteiger partial charge is 0.261 e. The minimum atomic E-state index is -0.557. The van der Waals surface area contributed by atoms with Crippen LogP contribution in [-0.2, 0) is 6.42 Å². The van der Waals surface area contributed by atoms with Crippen LogP contribution in [0.4, 0.5) is 4.39 Å². The Kier molecular flexibility index (Phi) is 3.47. The molecule has 1 unspecified atom stereocenters. The molecule has 21 heavy (non-hydrogen) atoms. The van der Waals surface area contributed by atoms with E-state index in [1.54, 1.807) is 11.4 Å². The summed E-state index contributed by atoms with van der Waals surface area (Å²) in [6, 6.07) is 5.94. The molecule has 0 fully saturated rings. The zero-order valence-electron chi connectivity index (χ0n) is 11.1. The number of benzene rings is 1. The van der Waals surface area contributed by atoms with E-state index in [4.69, 9.17) is 5.73 Å². The predicted molar refractivity (Wildman–Crippen MR) is 77.8 cm³/mol. The van der Waals surface area contributed by atoms with E-state index in [1.165, 1.54) is 29.5 Å². The monoisotopic (exact) mass is 304 g/mol. The fourth-order valence-electron chi connectivity index (χ4n) is 2.54. The number of nitrogens with one attached hydrogen (secondary N) is 1. The van der Waals surface area contributed by atoms with Crippen LogP contribution in [0.15, 0.2) is 29.6 Å². The fourth-order valence-corrected chi connectivity index (χ4v) is 3.34. The van der Waals surface area contributed by atoms with E-state index in [2.05, 4.69) is 5.32 Å². The Morgan fingerprint density at radius 2 is 2.14 bits per heavy atom. The molecule has 6 heteroatoms. The van der Waals surface area contributed by atoms with Crippen LogP contribution in [0.2, 0.25) is 0 Å². The summed E-state index contributed by atoms with van der Waals surface area (Å²) in [5.41, 5.74) is 7.38. The van der Waals surface area contributed by atoms with Crippen molar-refractivity contribution in [3.8, 4) is 0 Å². The number of carbonyl (C=O) groups is 2. The van der Waals surface area contributed by atoms with Gasteiger partial charge in [0.05, 0.1) is 16.5 Å². The quantitative estimate of drug-likeness (QED) is 0.914. The average molecular weight is 304 g/mol. The summed E-state index contributed by atoms with van der Waals surface area (Å²) in [5, 5.41) is 4.44. The Labute approximate surface area is 124 Å². The molecule has 1 aliphatic rings. The number of thiophene rings is 1. The van der Waals surface area contributed by atoms with E-state index in [9.17, 15) is 14.0 Å². The van der Waals surface area contributed by atoms with Gasteiger partial charge in [-0.15, -0.1) is 11.3 Å². The number of nitrogens with two attached hydrogens (primary N) is 1. The molecule has 2 amide bonds. The van der Waals surface area contributed by atoms with Crippen molar-refractivity contribution >= 4 is 23.2 Å². The van der Waals surface area contributed by atoms with E-state index >= 15 is 0 Å². The number of primary amides is 1. The zero-order valence-corrected chi connectivity index (χ0v) is 11.9. The van der Waals surface area contributed by atoms with Crippen molar-refractivity contribution in [2.75, 3.05) is 0 Å². The van der Waals surface area contributed by atoms with E-state index < -0.39 is 5.91 Å². The molecule has 4 nitrogen and oxygen atoms in total. The molecule has 3 rings (SSSR count). The second-order valence-electron chi connectivity index (χ2n) is 4.97. The predicted octanol–water partition coefficient (Wildman–Crippen LogP) is 2.40. The zero-order chi connectivity index (χ0) is 15.0. The van der Waals surface area contributed by atoms with Crippen molar-refractivity contribution in [3.63, 3.8) is 0 Å². The highest BCUT2D eigenvalue weighted by molar-refractivity contribution is 7.12. The normalized spacial score (nSPS) is 16.5. The summed E-state index contributed by atoms with van der Waals surface area (Å²) in [7, 11) is 0. The van der Waals surface area contributed by atoms with Crippen LogP contribution in [0.3, 0.4) is 0 Å². The molecule has 1 aromatic carbocycles. The number of halogens is 1. The standard InChI is InChI=1S/C15H13FN2O2S/c16-10-3-1-8-2-4-12(11(8)6-10)18-15(20)13-5-9(7-21-13)14(17)19/h1,3,5-7,12H,2,4H2,(H2,17,19)(H,18,20). The third-order valence-electron chi connectivity index (χ3n) is 3.60. The van der Waals surface area contributed by atoms with Crippen molar-refractivity contribution in [3.05, 3.63) is 57.0 Å². The number of aryl methyl sites for hydroxylation is 1. The van der Waals surface area contributed by atoms with Gasteiger partial charge in [0.2, 0.25) is 5.91 Å². The topological polar surface area (TPSA) is 72.2 Å². The fraction of sp³-hybridized carbons (Fsp3) is 0.200. The molecule has 108 valence electrons. The first-order chi connectivity index (χ1) is 10.0. The number of hydrogen-bond acceptors (Lipinski definition) is 3. The maximum absolute atomic E-state index is 13.3. The van der Waals surface area contributed by atoms with E-state index in [-0.39, 0.29) is 17.8 Å². The molecule has 0 spiro atoms. The van der Waals surface area contributed by atoms with Crippen LogP contribution < -0.4 is 11.1 Å². The summed E-state index contributed by atoms with van der Waals surface area (Å²) < 4.78 is 13.3. The van der Waals surface area contributed by atoms with Gasteiger partial charge in [0, 0.05) is 5.38 Å². The first-order valence-corrected chi connectivity index (χ1v) is 7.40. The summed E-state index contributed by atoms with van der Waals surface area (Å²) in [5.74, 6) is -1.13. The second kappa shape index (κ2) is 5.29. The Balaban J connectivity index is 1.77. The van der Waals surface area contributed by atoms with Crippen molar-refractivity contribution in [2.24, 2.45) is 5.73 Å². The molecular formula is C15H13FN2O2S. The minimum absolute atomic E-state index is 0.192. The lowest BCUT2D eigenvalue weighted by Crippen LogP contribution is -2.26. The average Bonchev–Trinajstić information content (AvgIpc) is 3.06. The second-order valence-corrected chi connectivity index (χ2v) is 5.88. The molecule has 0 aliphatic heterocycles. The summed E-state index contributed by atoms with van der Waals surface area (Å²) >= 11 is 1.17. The highest BCUT2D eigenvalue weighted by atomic mass is 32.1. The van der Waals surface area contributed by atoms with Crippen LogP contribution in [0, 0.1) is 5.82 Å². The SMILES string of the molecule is NC(=O)c1csc(C(=O)NC2CCc3ccc(F)cc32)c1. The maximum Gasteiger partial charge on any atom is 0.261 e. The van der Waals surface area contributed by atoms with Gasteiger partial charge in [0.15, 0.2) is 0 Å². The third kappa shape index (κ3) is 2.67. The lowest BCUT2D eigenvalue weighted by Gasteiger charge is -2.13. The Morgan fingerprint density at radius 3 is 2.86 bits per heavy atom. The van der Waals surface area contributed by atoms with Crippen molar-refractivity contribution in [1.82, 2.24) is 5.32 Å². The first kappa shape index (κ1) is 13.8. The van der Waals surface area contributed by atoms with Crippen molar-refractivity contribution in [2.45, 2.75) is 18.9 Å². The lowest BCUT2D eigenvalue weighted by atomic mass is 10.1. The first-order valence-electron chi connectivity index (χ1n) is 6.52. The van der Waals surface area contributed by atoms with E-state index in [0.29, 0.717) is 10.4 Å². The molecule has 0 saturated heterocycles. The maximum atomic E-state index is 13.3. The highest BCUT2D eigenvalue weighted by Crippen LogP contribution is 2.32. The highest BCUT2D eigenvalue weighted by Gasteiger charge is 2.25. The minimum Gasteiger partial charge on any atom is -0.366 e. The van der Waals surface area contributed by atoms with Gasteiger partial charge in [-0.3, -0.25) is 9.59 Å². The number of rotatable bonds is 3. The Hall–Kier alpha value is -2.21. The van der Waals surface area contributed by atoms with Gasteiger partial charge >= 0.3 is 0 Å².